The number of nitrogens with zero attached hydrogens (tertiary/aromatic N) is 3. The molecular weight excluding hydrogens is 286 g/mol. The Bertz CT molecular complexity index is 784. The Balaban J connectivity index is 2.11. The first-order valence-corrected chi connectivity index (χ1v) is 7.90. The van der Waals surface area contributed by atoms with E-state index < -0.39 is 0 Å². The lowest BCUT2D eigenvalue weighted by atomic mass is 9.87. The molecule has 0 saturated heterocycles. The lowest BCUT2D eigenvalue weighted by molar-refractivity contribution is 0.474. The number of rotatable bonds is 1. The van der Waals surface area contributed by atoms with Gasteiger partial charge in [0.1, 0.15) is 11.6 Å². The van der Waals surface area contributed by atoms with Gasteiger partial charge < -0.3 is 10.0 Å². The molecule has 0 atom stereocenters. The molecule has 1 aliphatic rings. The van der Waals surface area contributed by atoms with Gasteiger partial charge in [0, 0.05) is 18.8 Å². The summed E-state index contributed by atoms with van der Waals surface area (Å²) in [6.45, 7) is 7.36. The monoisotopic (exact) mass is 307 g/mol. The summed E-state index contributed by atoms with van der Waals surface area (Å²) >= 11 is 0. The van der Waals surface area contributed by atoms with Crippen molar-refractivity contribution >= 4 is 11.5 Å². The summed E-state index contributed by atoms with van der Waals surface area (Å²) < 4.78 is 0. The molecule has 1 aromatic heterocycles. The van der Waals surface area contributed by atoms with Gasteiger partial charge >= 0.3 is 0 Å². The number of hydrogen-bond acceptors (Lipinski definition) is 4. The summed E-state index contributed by atoms with van der Waals surface area (Å²) in [5, 5.41) is 19.3. The molecular formula is C19H21N3O. The Labute approximate surface area is 137 Å². The van der Waals surface area contributed by atoms with Crippen molar-refractivity contribution in [2.24, 2.45) is 0 Å². The normalized spacial score (nSPS) is 14.3. The summed E-state index contributed by atoms with van der Waals surface area (Å²) in [6.07, 6.45) is 3.65. The van der Waals surface area contributed by atoms with Gasteiger partial charge in [-0.2, -0.15) is 5.26 Å². The number of hydrogen-bond donors (Lipinski definition) is 1. The second-order valence-electron chi connectivity index (χ2n) is 7.01. The second kappa shape index (κ2) is 5.58. The van der Waals surface area contributed by atoms with Crippen LogP contribution in [0.4, 0.5) is 11.5 Å². The maximum Gasteiger partial charge on any atom is 0.133 e. The molecule has 0 amide bonds. The average Bonchev–Trinajstić information content (AvgIpc) is 2.52. The van der Waals surface area contributed by atoms with Crippen molar-refractivity contribution in [2.75, 3.05) is 11.4 Å². The Morgan fingerprint density at radius 2 is 2.04 bits per heavy atom. The first kappa shape index (κ1) is 15.4. The molecule has 0 aliphatic carbocycles. The van der Waals surface area contributed by atoms with Gasteiger partial charge in [-0.05, 0) is 47.6 Å². The fourth-order valence-corrected chi connectivity index (χ4v) is 3.05. The largest absolute Gasteiger partial charge is 0.508 e. The van der Waals surface area contributed by atoms with Crippen LogP contribution in [0.25, 0.3) is 0 Å². The molecule has 2 aromatic rings. The van der Waals surface area contributed by atoms with Crippen LogP contribution in [-0.2, 0) is 11.8 Å². The van der Waals surface area contributed by atoms with Crippen LogP contribution in [0.5, 0.6) is 5.75 Å². The Morgan fingerprint density at radius 3 is 2.74 bits per heavy atom. The third-order valence-corrected chi connectivity index (χ3v) is 4.32. The summed E-state index contributed by atoms with van der Waals surface area (Å²) in [6, 6.07) is 9.62. The molecule has 0 bridgehead atoms. The van der Waals surface area contributed by atoms with Crippen LogP contribution in [0.3, 0.4) is 0 Å². The van der Waals surface area contributed by atoms with Gasteiger partial charge in [0.05, 0.1) is 17.3 Å². The van der Waals surface area contributed by atoms with Gasteiger partial charge in [0.2, 0.25) is 0 Å². The van der Waals surface area contributed by atoms with E-state index in [9.17, 15) is 10.4 Å². The molecule has 0 fully saturated rings. The SMILES string of the molecule is CC(C)(C)c1ccnc(N2CCCc3c(C#N)cc(O)cc32)c1. The third kappa shape index (κ3) is 2.87. The fraction of sp³-hybridized carbons (Fsp3) is 0.368. The molecule has 1 aliphatic heterocycles. The van der Waals surface area contributed by atoms with Crippen LogP contribution in [-0.4, -0.2) is 16.6 Å². The van der Waals surface area contributed by atoms with Crippen LogP contribution in [0.15, 0.2) is 30.5 Å². The third-order valence-electron chi connectivity index (χ3n) is 4.32. The van der Waals surface area contributed by atoms with Gasteiger partial charge in [0.15, 0.2) is 0 Å². The zero-order chi connectivity index (χ0) is 16.6. The van der Waals surface area contributed by atoms with Crippen molar-refractivity contribution in [1.29, 1.82) is 5.26 Å². The van der Waals surface area contributed by atoms with Crippen molar-refractivity contribution in [3.8, 4) is 11.8 Å². The molecule has 4 heteroatoms. The number of aromatic hydroxyl groups is 1. The van der Waals surface area contributed by atoms with Gasteiger partial charge in [-0.3, -0.25) is 0 Å². The second-order valence-corrected chi connectivity index (χ2v) is 7.01. The topological polar surface area (TPSA) is 60.2 Å². The minimum atomic E-state index is 0.0486. The van der Waals surface area contributed by atoms with Crippen LogP contribution in [0.2, 0.25) is 0 Å². The minimum Gasteiger partial charge on any atom is -0.508 e. The first-order chi connectivity index (χ1) is 10.9. The Hall–Kier alpha value is -2.54. The van der Waals surface area contributed by atoms with E-state index in [4.69, 9.17) is 0 Å². The number of benzene rings is 1. The van der Waals surface area contributed by atoms with Crippen molar-refractivity contribution < 1.29 is 5.11 Å². The maximum absolute atomic E-state index is 9.95. The quantitative estimate of drug-likeness (QED) is 0.863. The number of anilines is 2. The van der Waals surface area contributed by atoms with Gasteiger partial charge in [0.25, 0.3) is 0 Å². The molecule has 3 rings (SSSR count). The molecule has 0 radical (unpaired) electrons. The highest BCUT2D eigenvalue weighted by atomic mass is 16.3. The van der Waals surface area contributed by atoms with Crippen molar-refractivity contribution in [1.82, 2.24) is 4.98 Å². The van der Waals surface area contributed by atoms with E-state index in [1.165, 1.54) is 5.56 Å². The summed E-state index contributed by atoms with van der Waals surface area (Å²) in [5.41, 5.74) is 3.71. The lowest BCUT2D eigenvalue weighted by Crippen LogP contribution is -2.26. The van der Waals surface area contributed by atoms with Crippen LogP contribution in [0, 0.1) is 11.3 Å². The summed E-state index contributed by atoms with van der Waals surface area (Å²) in [5.74, 6) is 0.993. The highest BCUT2D eigenvalue weighted by Crippen LogP contribution is 2.38. The Kier molecular flexibility index (Phi) is 3.73. The van der Waals surface area contributed by atoms with E-state index in [0.29, 0.717) is 5.56 Å². The number of fused-ring (bicyclic) bond motifs is 1. The number of phenolic OH excluding ortho intramolecular Hbond substituents is 1. The predicted molar refractivity (Wildman–Crippen MR) is 91.1 cm³/mol. The van der Waals surface area contributed by atoms with Gasteiger partial charge in [-0.1, -0.05) is 20.8 Å². The van der Waals surface area contributed by atoms with Crippen molar-refractivity contribution in [2.45, 2.75) is 39.0 Å². The molecule has 118 valence electrons. The molecule has 2 heterocycles. The van der Waals surface area contributed by atoms with E-state index in [2.05, 4.69) is 42.8 Å². The van der Waals surface area contributed by atoms with Gasteiger partial charge in [-0.15, -0.1) is 0 Å². The van der Waals surface area contributed by atoms with Crippen LogP contribution >= 0.6 is 0 Å². The number of pyridine rings is 1. The predicted octanol–water partition coefficient (Wildman–Crippen LogP) is 4.04. The number of aromatic nitrogens is 1. The van der Waals surface area contributed by atoms with Gasteiger partial charge in [-0.25, -0.2) is 4.98 Å². The molecule has 1 N–H and O–H groups in total. The first-order valence-electron chi connectivity index (χ1n) is 7.90. The highest BCUT2D eigenvalue weighted by molar-refractivity contribution is 5.71. The van der Waals surface area contributed by atoms with Crippen molar-refractivity contribution in [3.05, 3.63) is 47.2 Å². The molecule has 0 spiro atoms. The van der Waals surface area contributed by atoms with E-state index in [0.717, 1.165) is 36.5 Å². The van der Waals surface area contributed by atoms with Crippen LogP contribution in [0.1, 0.15) is 43.9 Å². The smallest absolute Gasteiger partial charge is 0.133 e. The molecule has 0 saturated carbocycles. The van der Waals surface area contributed by atoms with E-state index >= 15 is 0 Å². The highest BCUT2D eigenvalue weighted by Gasteiger charge is 2.24. The maximum atomic E-state index is 9.95. The number of phenols is 1. The average molecular weight is 307 g/mol. The lowest BCUT2D eigenvalue weighted by Gasteiger charge is -2.32. The Morgan fingerprint density at radius 1 is 1.26 bits per heavy atom. The molecule has 1 aromatic carbocycles. The molecule has 0 unspecified atom stereocenters. The standard InChI is InChI=1S/C19H21N3O/c1-19(2,3)14-6-7-21-18(10-14)22-8-4-5-16-13(12-20)9-15(23)11-17(16)22/h6-7,9-11,23H,4-5,8H2,1-3H3. The van der Waals surface area contributed by atoms with Crippen LogP contribution < -0.4 is 4.90 Å². The number of nitriles is 1. The van der Waals surface area contributed by atoms with E-state index in [1.807, 2.05) is 12.3 Å². The molecule has 4 nitrogen and oxygen atoms in total. The minimum absolute atomic E-state index is 0.0486. The fourth-order valence-electron chi connectivity index (χ4n) is 3.05. The zero-order valence-electron chi connectivity index (χ0n) is 13.8. The molecule has 23 heavy (non-hydrogen) atoms. The summed E-state index contributed by atoms with van der Waals surface area (Å²) in [7, 11) is 0. The van der Waals surface area contributed by atoms with E-state index in [1.54, 1.807) is 12.1 Å². The zero-order valence-corrected chi connectivity index (χ0v) is 13.8. The summed E-state index contributed by atoms with van der Waals surface area (Å²) in [4.78, 5) is 6.63. The van der Waals surface area contributed by atoms with E-state index in [-0.39, 0.29) is 11.2 Å². The van der Waals surface area contributed by atoms with Crippen molar-refractivity contribution in [3.63, 3.8) is 0 Å².